The number of rotatable bonds is 4. The van der Waals surface area contributed by atoms with Crippen LogP contribution in [0.3, 0.4) is 0 Å². The summed E-state index contributed by atoms with van der Waals surface area (Å²) in [6.07, 6.45) is 4.19. The van der Waals surface area contributed by atoms with Crippen molar-refractivity contribution in [1.29, 1.82) is 0 Å². The standard InChI is InChI=1S/C17H14Cl2O/c1-2-12-3-5-14(6-4-12)17(20)10-8-13-7-9-15(18)11-16(13)19/h3-11H,2H2,1H3. The summed E-state index contributed by atoms with van der Waals surface area (Å²) in [5, 5.41) is 1.11. The molecule has 2 aromatic rings. The van der Waals surface area contributed by atoms with Gasteiger partial charge in [-0.15, -0.1) is 0 Å². The van der Waals surface area contributed by atoms with E-state index in [1.807, 2.05) is 24.3 Å². The zero-order valence-electron chi connectivity index (χ0n) is 11.1. The molecule has 0 saturated heterocycles. The van der Waals surface area contributed by atoms with Crippen LogP contribution in [0.25, 0.3) is 6.08 Å². The van der Waals surface area contributed by atoms with Gasteiger partial charge in [-0.05, 0) is 41.8 Å². The lowest BCUT2D eigenvalue weighted by Gasteiger charge is -2.00. The third kappa shape index (κ3) is 3.72. The quantitative estimate of drug-likeness (QED) is 0.542. The van der Waals surface area contributed by atoms with Crippen LogP contribution in [0, 0.1) is 0 Å². The molecule has 1 nitrogen and oxygen atoms in total. The Labute approximate surface area is 128 Å². The fourth-order valence-corrected chi connectivity index (χ4v) is 2.27. The van der Waals surface area contributed by atoms with Crippen molar-refractivity contribution in [1.82, 2.24) is 0 Å². The van der Waals surface area contributed by atoms with Crippen LogP contribution in [0.4, 0.5) is 0 Å². The van der Waals surface area contributed by atoms with Crippen LogP contribution in [0.5, 0.6) is 0 Å². The van der Waals surface area contributed by atoms with Crippen molar-refractivity contribution in [2.45, 2.75) is 13.3 Å². The maximum absolute atomic E-state index is 12.0. The van der Waals surface area contributed by atoms with Gasteiger partial charge in [0.05, 0.1) is 0 Å². The molecule has 0 bridgehead atoms. The lowest BCUT2D eigenvalue weighted by Crippen LogP contribution is -1.94. The summed E-state index contributed by atoms with van der Waals surface area (Å²) in [7, 11) is 0. The van der Waals surface area contributed by atoms with Crippen LogP contribution in [0.2, 0.25) is 10.0 Å². The number of halogens is 2. The van der Waals surface area contributed by atoms with Crippen molar-refractivity contribution in [2.24, 2.45) is 0 Å². The van der Waals surface area contributed by atoms with Crippen molar-refractivity contribution in [3.63, 3.8) is 0 Å². The third-order valence-electron chi connectivity index (χ3n) is 3.02. The highest BCUT2D eigenvalue weighted by atomic mass is 35.5. The van der Waals surface area contributed by atoms with Crippen LogP contribution in [-0.2, 0) is 6.42 Å². The van der Waals surface area contributed by atoms with Crippen molar-refractivity contribution < 1.29 is 4.79 Å². The zero-order chi connectivity index (χ0) is 14.5. The first kappa shape index (κ1) is 14.8. The molecule has 0 amide bonds. The number of ketones is 1. The first-order valence-electron chi connectivity index (χ1n) is 6.36. The van der Waals surface area contributed by atoms with Gasteiger partial charge in [0, 0.05) is 15.6 Å². The van der Waals surface area contributed by atoms with Gasteiger partial charge in [-0.3, -0.25) is 4.79 Å². The van der Waals surface area contributed by atoms with E-state index in [1.165, 1.54) is 11.6 Å². The Bertz CT molecular complexity index is 643. The summed E-state index contributed by atoms with van der Waals surface area (Å²) in [4.78, 5) is 12.0. The van der Waals surface area contributed by atoms with E-state index < -0.39 is 0 Å². The van der Waals surface area contributed by atoms with Gasteiger partial charge in [0.25, 0.3) is 0 Å². The normalized spacial score (nSPS) is 10.9. The predicted octanol–water partition coefficient (Wildman–Crippen LogP) is 5.45. The molecule has 0 fully saturated rings. The van der Waals surface area contributed by atoms with Crippen molar-refractivity contribution in [3.8, 4) is 0 Å². The second-order valence-corrected chi connectivity index (χ2v) is 5.26. The van der Waals surface area contributed by atoms with Crippen LogP contribution in [0.1, 0.15) is 28.4 Å². The second kappa shape index (κ2) is 6.74. The minimum absolute atomic E-state index is 0.0429. The van der Waals surface area contributed by atoms with Crippen LogP contribution in [0.15, 0.2) is 48.5 Å². The highest BCUT2D eigenvalue weighted by Gasteiger charge is 2.02. The van der Waals surface area contributed by atoms with Crippen molar-refractivity contribution in [2.75, 3.05) is 0 Å². The van der Waals surface area contributed by atoms with Gasteiger partial charge in [0.1, 0.15) is 0 Å². The summed E-state index contributed by atoms with van der Waals surface area (Å²) in [5.74, 6) is -0.0429. The van der Waals surface area contributed by atoms with Crippen molar-refractivity contribution >= 4 is 35.1 Å². The minimum atomic E-state index is -0.0429. The fraction of sp³-hybridized carbons (Fsp3) is 0.118. The molecule has 20 heavy (non-hydrogen) atoms. The zero-order valence-corrected chi connectivity index (χ0v) is 12.6. The lowest BCUT2D eigenvalue weighted by molar-refractivity contribution is 0.104. The molecule has 3 heteroatoms. The predicted molar refractivity (Wildman–Crippen MR) is 85.6 cm³/mol. The van der Waals surface area contributed by atoms with Gasteiger partial charge in [-0.25, -0.2) is 0 Å². The molecule has 0 heterocycles. The van der Waals surface area contributed by atoms with E-state index >= 15 is 0 Å². The smallest absolute Gasteiger partial charge is 0.185 e. The molecule has 0 atom stereocenters. The molecule has 0 aliphatic carbocycles. The first-order chi connectivity index (χ1) is 9.60. The maximum atomic E-state index is 12.0. The molecule has 2 aromatic carbocycles. The van der Waals surface area contributed by atoms with E-state index in [0.29, 0.717) is 15.6 Å². The first-order valence-corrected chi connectivity index (χ1v) is 7.12. The molecule has 0 spiro atoms. The van der Waals surface area contributed by atoms with E-state index in [0.717, 1.165) is 12.0 Å². The van der Waals surface area contributed by atoms with Crippen LogP contribution < -0.4 is 0 Å². The van der Waals surface area contributed by atoms with Gasteiger partial charge in [0.15, 0.2) is 5.78 Å². The summed E-state index contributed by atoms with van der Waals surface area (Å²) < 4.78 is 0. The summed E-state index contributed by atoms with van der Waals surface area (Å²) >= 11 is 11.9. The van der Waals surface area contributed by atoms with E-state index in [2.05, 4.69) is 6.92 Å². The third-order valence-corrected chi connectivity index (χ3v) is 3.59. The topological polar surface area (TPSA) is 17.1 Å². The number of benzene rings is 2. The average molecular weight is 305 g/mol. The SMILES string of the molecule is CCc1ccc(C(=O)C=Cc2ccc(Cl)cc2Cl)cc1. The number of aryl methyl sites for hydroxylation is 1. The van der Waals surface area contributed by atoms with Gasteiger partial charge in [0.2, 0.25) is 0 Å². The summed E-state index contributed by atoms with van der Waals surface area (Å²) in [5.41, 5.74) is 2.66. The number of carbonyl (C=O) groups is 1. The molecule has 0 aliphatic rings. The van der Waals surface area contributed by atoms with Gasteiger partial charge >= 0.3 is 0 Å². The Morgan fingerprint density at radius 3 is 2.40 bits per heavy atom. The van der Waals surface area contributed by atoms with E-state index in [4.69, 9.17) is 23.2 Å². The molecular formula is C17H14Cl2O. The molecule has 2 rings (SSSR count). The van der Waals surface area contributed by atoms with Crippen molar-refractivity contribution in [3.05, 3.63) is 75.3 Å². The number of carbonyl (C=O) groups excluding carboxylic acids is 1. The Morgan fingerprint density at radius 1 is 1.10 bits per heavy atom. The molecule has 0 aliphatic heterocycles. The second-order valence-electron chi connectivity index (χ2n) is 4.41. The van der Waals surface area contributed by atoms with Gasteiger partial charge in [-0.1, -0.05) is 60.5 Å². The molecule has 0 radical (unpaired) electrons. The van der Waals surface area contributed by atoms with Gasteiger partial charge < -0.3 is 0 Å². The largest absolute Gasteiger partial charge is 0.289 e. The molecule has 0 N–H and O–H groups in total. The summed E-state index contributed by atoms with van der Waals surface area (Å²) in [6, 6.07) is 12.8. The summed E-state index contributed by atoms with van der Waals surface area (Å²) in [6.45, 7) is 2.08. The number of hydrogen-bond acceptors (Lipinski definition) is 1. The monoisotopic (exact) mass is 304 g/mol. The Balaban J connectivity index is 2.15. The molecule has 0 aromatic heterocycles. The highest BCUT2D eigenvalue weighted by molar-refractivity contribution is 6.35. The Kier molecular flexibility index (Phi) is 4.99. The number of allylic oxidation sites excluding steroid dienone is 1. The van der Waals surface area contributed by atoms with E-state index in [1.54, 1.807) is 24.3 Å². The van der Waals surface area contributed by atoms with E-state index in [-0.39, 0.29) is 5.78 Å². The molecule has 102 valence electrons. The molecule has 0 saturated carbocycles. The van der Waals surface area contributed by atoms with E-state index in [9.17, 15) is 4.79 Å². The molecule has 0 unspecified atom stereocenters. The van der Waals surface area contributed by atoms with Crippen LogP contribution >= 0.6 is 23.2 Å². The Hall–Kier alpha value is -1.57. The van der Waals surface area contributed by atoms with Crippen LogP contribution in [-0.4, -0.2) is 5.78 Å². The minimum Gasteiger partial charge on any atom is -0.289 e. The van der Waals surface area contributed by atoms with Gasteiger partial charge in [-0.2, -0.15) is 0 Å². The average Bonchev–Trinajstić information content (AvgIpc) is 2.46. The highest BCUT2D eigenvalue weighted by Crippen LogP contribution is 2.22. The molecular weight excluding hydrogens is 291 g/mol. The maximum Gasteiger partial charge on any atom is 0.185 e. The number of hydrogen-bond donors (Lipinski definition) is 0. The fourth-order valence-electron chi connectivity index (χ4n) is 1.80. The Morgan fingerprint density at radius 2 is 1.80 bits per heavy atom. The lowest BCUT2D eigenvalue weighted by atomic mass is 10.1.